The average Bonchev–Trinajstić information content (AvgIpc) is 2.41. The van der Waals surface area contributed by atoms with Crippen molar-refractivity contribution in [2.24, 2.45) is 5.92 Å². The number of benzene rings is 1. The van der Waals surface area contributed by atoms with E-state index in [4.69, 9.17) is 5.11 Å². The number of hydrogen-bond donors (Lipinski definition) is 2. The smallest absolute Gasteiger partial charge is 0.336 e. The molecule has 1 aliphatic heterocycles. The Morgan fingerprint density at radius 2 is 2.10 bits per heavy atom. The van der Waals surface area contributed by atoms with Gasteiger partial charge in [-0.3, -0.25) is 0 Å². The highest BCUT2D eigenvalue weighted by Crippen LogP contribution is 2.25. The second-order valence-corrected chi connectivity index (χ2v) is 8.24. The van der Waals surface area contributed by atoms with E-state index in [0.29, 0.717) is 9.99 Å². The van der Waals surface area contributed by atoms with Gasteiger partial charge < -0.3 is 10.2 Å². The fourth-order valence-corrected chi connectivity index (χ4v) is 4.44. The van der Waals surface area contributed by atoms with Gasteiger partial charge in [-0.1, -0.05) is 6.92 Å². The van der Waals surface area contributed by atoms with E-state index >= 15 is 0 Å². The molecule has 1 aromatic rings. The van der Waals surface area contributed by atoms with Crippen molar-refractivity contribution >= 4 is 38.6 Å². The summed E-state index contributed by atoms with van der Waals surface area (Å²) in [6.07, 6.45) is -0.112. The van der Waals surface area contributed by atoms with Crippen LogP contribution in [-0.4, -0.2) is 48.1 Å². The lowest BCUT2D eigenvalue weighted by atomic mass is 9.99. The van der Waals surface area contributed by atoms with Crippen molar-refractivity contribution in [3.05, 3.63) is 27.3 Å². The van der Waals surface area contributed by atoms with Crippen molar-refractivity contribution in [1.29, 1.82) is 0 Å². The Morgan fingerprint density at radius 1 is 1.43 bits per heavy atom. The van der Waals surface area contributed by atoms with E-state index in [1.165, 1.54) is 22.5 Å². The number of carboxylic acid groups (broad SMARTS) is 1. The number of halogens is 1. The number of carboxylic acids is 1. The molecule has 1 heterocycles. The van der Waals surface area contributed by atoms with Crippen LogP contribution in [0.5, 0.6) is 0 Å². The van der Waals surface area contributed by atoms with Gasteiger partial charge in [-0.2, -0.15) is 4.31 Å². The summed E-state index contributed by atoms with van der Waals surface area (Å²) in [5.41, 5.74) is -0.0261. The molecule has 0 aliphatic carbocycles. The molecule has 0 bridgehead atoms. The van der Waals surface area contributed by atoms with E-state index in [1.54, 1.807) is 6.92 Å². The predicted molar refractivity (Wildman–Crippen MR) is 84.7 cm³/mol. The highest BCUT2D eigenvalue weighted by atomic mass is 127. The van der Waals surface area contributed by atoms with E-state index < -0.39 is 22.1 Å². The van der Waals surface area contributed by atoms with E-state index in [0.717, 1.165) is 0 Å². The van der Waals surface area contributed by atoms with Gasteiger partial charge in [0, 0.05) is 16.7 Å². The summed E-state index contributed by atoms with van der Waals surface area (Å²) < 4.78 is 26.9. The van der Waals surface area contributed by atoms with Gasteiger partial charge in [-0.25, -0.2) is 13.2 Å². The third kappa shape index (κ3) is 3.38. The van der Waals surface area contributed by atoms with Crippen LogP contribution in [0.25, 0.3) is 0 Å². The molecule has 0 spiro atoms. The van der Waals surface area contributed by atoms with Crippen molar-refractivity contribution in [3.8, 4) is 0 Å². The zero-order chi connectivity index (χ0) is 15.8. The van der Waals surface area contributed by atoms with Crippen LogP contribution >= 0.6 is 22.6 Å². The minimum Gasteiger partial charge on any atom is -0.478 e. The first-order valence-corrected chi connectivity index (χ1v) is 8.96. The summed E-state index contributed by atoms with van der Waals surface area (Å²) in [4.78, 5) is 11.1. The Morgan fingerprint density at radius 3 is 2.67 bits per heavy atom. The molecule has 0 radical (unpaired) electrons. The number of piperidine rings is 1. The van der Waals surface area contributed by atoms with Gasteiger partial charge in [0.25, 0.3) is 0 Å². The number of carbonyl (C=O) groups is 1. The van der Waals surface area contributed by atoms with Crippen molar-refractivity contribution in [2.75, 3.05) is 13.1 Å². The normalized spacial score (nSPS) is 24.0. The van der Waals surface area contributed by atoms with Gasteiger partial charge in [0.1, 0.15) is 0 Å². The van der Waals surface area contributed by atoms with Gasteiger partial charge in [-0.15, -0.1) is 0 Å². The van der Waals surface area contributed by atoms with E-state index in [-0.39, 0.29) is 29.5 Å². The van der Waals surface area contributed by atoms with Crippen LogP contribution in [0.1, 0.15) is 23.7 Å². The Bertz CT molecular complexity index is 661. The molecule has 0 saturated carbocycles. The van der Waals surface area contributed by atoms with Crippen molar-refractivity contribution < 1.29 is 23.4 Å². The number of aromatic carboxylic acids is 1. The molecule has 1 saturated heterocycles. The molecule has 1 aromatic carbocycles. The summed E-state index contributed by atoms with van der Waals surface area (Å²) >= 11 is 1.86. The van der Waals surface area contributed by atoms with Crippen LogP contribution in [0.4, 0.5) is 0 Å². The molecule has 0 aromatic heterocycles. The molecule has 2 unspecified atom stereocenters. The lowest BCUT2D eigenvalue weighted by Crippen LogP contribution is -2.44. The Hall–Kier alpha value is -0.710. The molecule has 21 heavy (non-hydrogen) atoms. The first kappa shape index (κ1) is 16.7. The third-order valence-corrected chi connectivity index (χ3v) is 6.43. The Labute approximate surface area is 137 Å². The fraction of sp³-hybridized carbons (Fsp3) is 0.462. The van der Waals surface area contributed by atoms with Crippen molar-refractivity contribution in [2.45, 2.75) is 24.3 Å². The summed E-state index contributed by atoms with van der Waals surface area (Å²) in [5.74, 6) is -1.30. The van der Waals surface area contributed by atoms with Crippen LogP contribution in [0, 0.1) is 9.49 Å². The number of aliphatic hydroxyl groups is 1. The molecule has 2 rings (SSSR count). The highest BCUT2D eigenvalue weighted by Gasteiger charge is 2.33. The number of sulfonamides is 1. The number of aliphatic hydroxyl groups excluding tert-OH is 1. The SMILES string of the molecule is CC1CN(S(=O)(=O)c2ccc(I)c(C(=O)O)c2)CCC1O. The predicted octanol–water partition coefficient (Wildman–Crippen LogP) is 1.38. The molecule has 0 amide bonds. The third-order valence-electron chi connectivity index (χ3n) is 3.63. The van der Waals surface area contributed by atoms with Gasteiger partial charge in [0.05, 0.1) is 16.6 Å². The first-order valence-electron chi connectivity index (χ1n) is 6.44. The van der Waals surface area contributed by atoms with Crippen LogP contribution in [0.3, 0.4) is 0 Å². The molecular weight excluding hydrogens is 409 g/mol. The monoisotopic (exact) mass is 425 g/mol. The summed E-state index contributed by atoms with van der Waals surface area (Å²) in [5, 5.41) is 18.8. The van der Waals surface area contributed by atoms with E-state index in [2.05, 4.69) is 0 Å². The summed E-state index contributed by atoms with van der Waals surface area (Å²) in [7, 11) is -3.74. The van der Waals surface area contributed by atoms with Crippen molar-refractivity contribution in [3.63, 3.8) is 0 Å². The second kappa shape index (κ2) is 6.19. The molecule has 2 atom stereocenters. The molecule has 1 fully saturated rings. The minimum absolute atomic E-state index is 0.0242. The maximum absolute atomic E-state index is 12.6. The number of nitrogens with zero attached hydrogens (tertiary/aromatic N) is 1. The Balaban J connectivity index is 2.36. The first-order chi connectivity index (χ1) is 9.73. The topological polar surface area (TPSA) is 94.9 Å². The maximum Gasteiger partial charge on any atom is 0.336 e. The number of rotatable bonds is 3. The highest BCUT2D eigenvalue weighted by molar-refractivity contribution is 14.1. The zero-order valence-electron chi connectivity index (χ0n) is 11.4. The second-order valence-electron chi connectivity index (χ2n) is 5.14. The van der Waals surface area contributed by atoms with Gasteiger partial charge >= 0.3 is 5.97 Å². The quantitative estimate of drug-likeness (QED) is 0.714. The lowest BCUT2D eigenvalue weighted by Gasteiger charge is -2.33. The zero-order valence-corrected chi connectivity index (χ0v) is 14.3. The Kier molecular flexibility index (Phi) is 4.91. The number of hydrogen-bond acceptors (Lipinski definition) is 4. The fourth-order valence-electron chi connectivity index (χ4n) is 2.29. The molecule has 2 N–H and O–H groups in total. The molecular formula is C13H16INO5S. The van der Waals surface area contributed by atoms with Gasteiger partial charge in [-0.05, 0) is 53.1 Å². The minimum atomic E-state index is -3.74. The van der Waals surface area contributed by atoms with Crippen LogP contribution in [0.15, 0.2) is 23.1 Å². The van der Waals surface area contributed by atoms with Crippen molar-refractivity contribution in [1.82, 2.24) is 4.31 Å². The molecule has 8 heteroatoms. The summed E-state index contributed by atoms with van der Waals surface area (Å²) in [6.45, 7) is 2.27. The van der Waals surface area contributed by atoms with Crippen LogP contribution in [0.2, 0.25) is 0 Å². The van der Waals surface area contributed by atoms with Crippen LogP contribution in [-0.2, 0) is 10.0 Å². The molecule has 116 valence electrons. The largest absolute Gasteiger partial charge is 0.478 e. The van der Waals surface area contributed by atoms with Crippen LogP contribution < -0.4 is 0 Å². The maximum atomic E-state index is 12.6. The van der Waals surface area contributed by atoms with Gasteiger partial charge in [0.15, 0.2) is 0 Å². The lowest BCUT2D eigenvalue weighted by molar-refractivity contribution is 0.0628. The molecule has 6 nitrogen and oxygen atoms in total. The summed E-state index contributed by atoms with van der Waals surface area (Å²) in [6, 6.07) is 4.09. The average molecular weight is 425 g/mol. The van der Waals surface area contributed by atoms with E-state index in [1.807, 2.05) is 22.6 Å². The van der Waals surface area contributed by atoms with E-state index in [9.17, 15) is 18.3 Å². The molecule has 1 aliphatic rings. The standard InChI is InChI=1S/C13H16INO5S/c1-8-7-15(5-4-12(8)16)21(19,20)9-2-3-11(14)10(6-9)13(17)18/h2-3,6,8,12,16H,4-5,7H2,1H3,(H,17,18). The van der Waals surface area contributed by atoms with Gasteiger partial charge in [0.2, 0.25) is 10.0 Å².